The number of rotatable bonds is 5. The van der Waals surface area contributed by atoms with Gasteiger partial charge in [-0.05, 0) is 25.5 Å². The molecular weight excluding hydrogens is 327 g/mol. The van der Waals surface area contributed by atoms with Crippen molar-refractivity contribution in [3.63, 3.8) is 0 Å². The van der Waals surface area contributed by atoms with Gasteiger partial charge in [-0.2, -0.15) is 5.10 Å². The molecule has 0 fully saturated rings. The number of thiazole rings is 1. The van der Waals surface area contributed by atoms with Crippen LogP contribution in [0.2, 0.25) is 0 Å². The monoisotopic (exact) mass is 344 g/mol. The molecule has 2 heterocycles. The van der Waals surface area contributed by atoms with Crippen molar-refractivity contribution < 1.29 is 9.18 Å². The molecule has 3 rings (SSSR count). The minimum absolute atomic E-state index is 0.254. The maximum absolute atomic E-state index is 13.4. The van der Waals surface area contributed by atoms with Crippen molar-refractivity contribution in [1.29, 1.82) is 0 Å². The zero-order valence-electron chi connectivity index (χ0n) is 13.4. The van der Waals surface area contributed by atoms with E-state index in [1.807, 2.05) is 13.8 Å². The summed E-state index contributed by atoms with van der Waals surface area (Å²) in [6, 6.07) is 6.06. The van der Waals surface area contributed by atoms with Crippen LogP contribution in [0, 0.1) is 12.7 Å². The zero-order valence-corrected chi connectivity index (χ0v) is 14.2. The third-order valence-electron chi connectivity index (χ3n) is 3.63. The van der Waals surface area contributed by atoms with E-state index in [4.69, 9.17) is 0 Å². The minimum atomic E-state index is -0.360. The van der Waals surface area contributed by atoms with Crippen LogP contribution < -0.4 is 5.32 Å². The summed E-state index contributed by atoms with van der Waals surface area (Å²) in [4.78, 5) is 18.0. The number of benzene rings is 1. The Morgan fingerprint density at radius 2 is 2.25 bits per heavy atom. The van der Waals surface area contributed by atoms with E-state index < -0.39 is 0 Å². The van der Waals surface area contributed by atoms with E-state index in [0.717, 1.165) is 22.0 Å². The quantitative estimate of drug-likeness (QED) is 0.744. The van der Waals surface area contributed by atoms with Crippen LogP contribution in [0.4, 0.5) is 4.39 Å². The molecule has 0 atom stereocenters. The summed E-state index contributed by atoms with van der Waals surface area (Å²) in [6.07, 6.45) is 2.28. The van der Waals surface area contributed by atoms with Crippen molar-refractivity contribution in [3.05, 3.63) is 57.4 Å². The molecule has 0 saturated carbocycles. The van der Waals surface area contributed by atoms with Gasteiger partial charge in [0.1, 0.15) is 5.82 Å². The minimum Gasteiger partial charge on any atom is -0.347 e. The molecule has 0 aliphatic rings. The average Bonchev–Trinajstić information content (AvgIpc) is 3.19. The van der Waals surface area contributed by atoms with Gasteiger partial charge in [0.25, 0.3) is 5.91 Å². The second-order valence-electron chi connectivity index (χ2n) is 5.31. The first-order chi connectivity index (χ1) is 11.6. The molecule has 0 saturated heterocycles. The van der Waals surface area contributed by atoms with E-state index in [1.54, 1.807) is 23.5 Å². The van der Waals surface area contributed by atoms with Gasteiger partial charge in [-0.3, -0.25) is 9.89 Å². The number of amides is 1. The van der Waals surface area contributed by atoms with Gasteiger partial charge < -0.3 is 5.32 Å². The molecular formula is C17H17FN4OS. The number of aromatic nitrogens is 3. The lowest BCUT2D eigenvalue weighted by Gasteiger charge is -2.06. The Balaban J connectivity index is 1.78. The molecule has 1 amide bonds. The number of H-pyrrole nitrogens is 1. The molecule has 0 aliphatic heterocycles. The van der Waals surface area contributed by atoms with Crippen LogP contribution in [0.1, 0.15) is 32.9 Å². The number of aryl methyl sites for hydroxylation is 2. The third kappa shape index (κ3) is 3.35. The second-order valence-corrected chi connectivity index (χ2v) is 6.60. The molecule has 0 aliphatic carbocycles. The molecule has 24 heavy (non-hydrogen) atoms. The van der Waals surface area contributed by atoms with Crippen molar-refractivity contribution in [2.24, 2.45) is 0 Å². The highest BCUT2D eigenvalue weighted by atomic mass is 32.1. The Labute approximate surface area is 143 Å². The van der Waals surface area contributed by atoms with Gasteiger partial charge in [-0.25, -0.2) is 9.37 Å². The van der Waals surface area contributed by atoms with Crippen LogP contribution >= 0.6 is 11.3 Å². The van der Waals surface area contributed by atoms with E-state index in [-0.39, 0.29) is 11.7 Å². The SMILES string of the molecule is CCc1nc(C)sc1CNC(=O)c1cn[nH]c1-c1cccc(F)c1. The van der Waals surface area contributed by atoms with Crippen molar-refractivity contribution in [2.45, 2.75) is 26.8 Å². The Kier molecular flexibility index (Phi) is 4.71. The Bertz CT molecular complexity index is 871. The lowest BCUT2D eigenvalue weighted by molar-refractivity contribution is 0.0952. The standard InChI is InChI=1S/C17H17FN4OS/c1-3-14-15(24-10(2)21-14)9-19-17(23)13-8-20-22-16(13)11-5-4-6-12(18)7-11/h4-8H,3,9H2,1-2H3,(H,19,23)(H,20,22). The fraction of sp³-hybridized carbons (Fsp3) is 0.235. The number of carbonyl (C=O) groups is 1. The fourth-order valence-electron chi connectivity index (χ4n) is 2.50. The average molecular weight is 344 g/mol. The maximum atomic E-state index is 13.4. The molecule has 1 aromatic carbocycles. The topological polar surface area (TPSA) is 70.7 Å². The van der Waals surface area contributed by atoms with Crippen LogP contribution in [0.15, 0.2) is 30.5 Å². The van der Waals surface area contributed by atoms with Gasteiger partial charge in [-0.15, -0.1) is 11.3 Å². The molecule has 0 unspecified atom stereocenters. The van der Waals surface area contributed by atoms with E-state index in [2.05, 4.69) is 20.5 Å². The highest BCUT2D eigenvalue weighted by molar-refractivity contribution is 7.11. The van der Waals surface area contributed by atoms with Gasteiger partial charge in [0, 0.05) is 10.4 Å². The van der Waals surface area contributed by atoms with Crippen LogP contribution in [-0.4, -0.2) is 21.1 Å². The highest BCUT2D eigenvalue weighted by Gasteiger charge is 2.16. The number of hydrogen-bond donors (Lipinski definition) is 2. The Hall–Kier alpha value is -2.54. The van der Waals surface area contributed by atoms with E-state index >= 15 is 0 Å². The summed E-state index contributed by atoms with van der Waals surface area (Å²) in [7, 11) is 0. The van der Waals surface area contributed by atoms with Gasteiger partial charge in [0.2, 0.25) is 0 Å². The number of nitrogens with zero attached hydrogens (tertiary/aromatic N) is 2. The number of carbonyl (C=O) groups excluding carboxylic acids is 1. The first-order valence-electron chi connectivity index (χ1n) is 7.61. The molecule has 0 spiro atoms. The summed E-state index contributed by atoms with van der Waals surface area (Å²) in [5, 5.41) is 10.6. The molecule has 124 valence electrons. The summed E-state index contributed by atoms with van der Waals surface area (Å²) >= 11 is 1.58. The third-order valence-corrected chi connectivity index (χ3v) is 4.64. The van der Waals surface area contributed by atoms with Gasteiger partial charge in [0.05, 0.1) is 34.7 Å². The number of hydrogen-bond acceptors (Lipinski definition) is 4. The molecule has 0 radical (unpaired) electrons. The molecule has 2 N–H and O–H groups in total. The largest absolute Gasteiger partial charge is 0.347 e. The number of halogens is 1. The lowest BCUT2D eigenvalue weighted by atomic mass is 10.1. The van der Waals surface area contributed by atoms with Crippen LogP contribution in [0.3, 0.4) is 0 Å². The van der Waals surface area contributed by atoms with Crippen LogP contribution in [0.25, 0.3) is 11.3 Å². The number of nitrogens with one attached hydrogen (secondary N) is 2. The van der Waals surface area contributed by atoms with Crippen molar-refractivity contribution in [1.82, 2.24) is 20.5 Å². The summed E-state index contributed by atoms with van der Waals surface area (Å²) in [5.74, 6) is -0.614. The first kappa shape index (κ1) is 16.3. The van der Waals surface area contributed by atoms with Gasteiger partial charge >= 0.3 is 0 Å². The molecule has 7 heteroatoms. The first-order valence-corrected chi connectivity index (χ1v) is 8.42. The summed E-state index contributed by atoms with van der Waals surface area (Å²) in [5.41, 5.74) is 2.49. The predicted octanol–water partition coefficient (Wildman–Crippen LogP) is 3.47. The van der Waals surface area contributed by atoms with E-state index in [0.29, 0.717) is 23.4 Å². The molecule has 3 aromatic rings. The van der Waals surface area contributed by atoms with Crippen molar-refractivity contribution >= 4 is 17.2 Å². The Morgan fingerprint density at radius 3 is 3.00 bits per heavy atom. The predicted molar refractivity (Wildman–Crippen MR) is 91.4 cm³/mol. The van der Waals surface area contributed by atoms with E-state index in [1.165, 1.54) is 18.3 Å². The second kappa shape index (κ2) is 6.92. The maximum Gasteiger partial charge on any atom is 0.255 e. The Morgan fingerprint density at radius 1 is 1.42 bits per heavy atom. The molecule has 0 bridgehead atoms. The van der Waals surface area contributed by atoms with Gasteiger partial charge in [-0.1, -0.05) is 19.1 Å². The van der Waals surface area contributed by atoms with Crippen LogP contribution in [-0.2, 0) is 13.0 Å². The highest BCUT2D eigenvalue weighted by Crippen LogP contribution is 2.22. The smallest absolute Gasteiger partial charge is 0.255 e. The number of aromatic amines is 1. The normalized spacial score (nSPS) is 10.8. The van der Waals surface area contributed by atoms with Crippen LogP contribution in [0.5, 0.6) is 0 Å². The summed E-state index contributed by atoms with van der Waals surface area (Å²) in [6.45, 7) is 4.41. The lowest BCUT2D eigenvalue weighted by Crippen LogP contribution is -2.23. The fourth-order valence-corrected chi connectivity index (χ4v) is 3.47. The van der Waals surface area contributed by atoms with Crippen molar-refractivity contribution in [2.75, 3.05) is 0 Å². The molecule has 2 aromatic heterocycles. The zero-order chi connectivity index (χ0) is 17.1. The molecule has 5 nitrogen and oxygen atoms in total. The van der Waals surface area contributed by atoms with Crippen molar-refractivity contribution in [3.8, 4) is 11.3 Å². The summed E-state index contributed by atoms with van der Waals surface area (Å²) < 4.78 is 13.4. The van der Waals surface area contributed by atoms with E-state index in [9.17, 15) is 9.18 Å². The van der Waals surface area contributed by atoms with Gasteiger partial charge in [0.15, 0.2) is 0 Å².